The first-order valence-corrected chi connectivity index (χ1v) is 8.32. The van der Waals surface area contributed by atoms with Crippen molar-refractivity contribution in [2.24, 2.45) is 0 Å². The molecule has 1 unspecified atom stereocenters. The molecule has 130 valence electrons. The van der Waals surface area contributed by atoms with Crippen LogP contribution in [0.25, 0.3) is 0 Å². The highest BCUT2D eigenvalue weighted by molar-refractivity contribution is 6.30. The minimum Gasteiger partial charge on any atom is -0.360 e. The summed E-state index contributed by atoms with van der Waals surface area (Å²) in [6, 6.07) is 17.4. The van der Waals surface area contributed by atoms with E-state index in [1.54, 1.807) is 48.5 Å². The largest absolute Gasteiger partial charge is 0.360 e. The van der Waals surface area contributed by atoms with Gasteiger partial charge in [0.2, 0.25) is 0 Å². The maximum absolute atomic E-state index is 13.8. The fourth-order valence-corrected chi connectivity index (χ4v) is 3.16. The molecule has 0 saturated carbocycles. The van der Waals surface area contributed by atoms with E-state index in [0.29, 0.717) is 27.5 Å². The summed E-state index contributed by atoms with van der Waals surface area (Å²) in [5.41, 5.74) is 2.16. The quantitative estimate of drug-likeness (QED) is 0.656. The maximum atomic E-state index is 13.8. The summed E-state index contributed by atoms with van der Waals surface area (Å²) in [5, 5.41) is 3.77. The van der Waals surface area contributed by atoms with Gasteiger partial charge >= 0.3 is 0 Å². The van der Waals surface area contributed by atoms with Crippen molar-refractivity contribution in [2.45, 2.75) is 6.17 Å². The maximum Gasteiger partial charge on any atom is 0.262 e. The van der Waals surface area contributed by atoms with Gasteiger partial charge in [-0.3, -0.25) is 9.69 Å². The Morgan fingerprint density at radius 3 is 2.38 bits per heavy atom. The highest BCUT2D eigenvalue weighted by Gasteiger charge is 2.34. The summed E-state index contributed by atoms with van der Waals surface area (Å²) in [4.78, 5) is 14.6. The van der Waals surface area contributed by atoms with Gasteiger partial charge in [0.15, 0.2) is 11.6 Å². The van der Waals surface area contributed by atoms with Crippen molar-refractivity contribution in [1.29, 1.82) is 0 Å². The van der Waals surface area contributed by atoms with Crippen LogP contribution in [0.3, 0.4) is 0 Å². The molecule has 0 aromatic heterocycles. The second-order valence-corrected chi connectivity index (χ2v) is 6.35. The molecular weight excluding hydrogens is 358 g/mol. The number of nitrogens with zero attached hydrogens (tertiary/aromatic N) is 1. The Morgan fingerprint density at radius 2 is 1.65 bits per heavy atom. The third-order valence-electron chi connectivity index (χ3n) is 4.29. The molecule has 0 bridgehead atoms. The number of anilines is 2. The summed E-state index contributed by atoms with van der Waals surface area (Å²) in [6.45, 7) is 0. The highest BCUT2D eigenvalue weighted by Crippen LogP contribution is 2.37. The van der Waals surface area contributed by atoms with Crippen LogP contribution in [0.1, 0.15) is 22.1 Å². The first-order chi connectivity index (χ1) is 12.5. The Bertz CT molecular complexity index is 991. The molecule has 0 spiro atoms. The third kappa shape index (κ3) is 2.80. The predicted molar refractivity (Wildman–Crippen MR) is 97.4 cm³/mol. The summed E-state index contributed by atoms with van der Waals surface area (Å²) in [7, 11) is 0. The minimum absolute atomic E-state index is 0.239. The van der Waals surface area contributed by atoms with Crippen molar-refractivity contribution in [2.75, 3.05) is 10.2 Å². The van der Waals surface area contributed by atoms with Crippen LogP contribution in [0.5, 0.6) is 0 Å². The molecule has 3 nitrogen and oxygen atoms in total. The number of halogens is 3. The second-order valence-electron chi connectivity index (χ2n) is 5.92. The van der Waals surface area contributed by atoms with Crippen LogP contribution in [-0.4, -0.2) is 5.91 Å². The molecule has 3 aromatic rings. The van der Waals surface area contributed by atoms with Crippen LogP contribution >= 0.6 is 11.6 Å². The van der Waals surface area contributed by atoms with Gasteiger partial charge < -0.3 is 5.32 Å². The van der Waals surface area contributed by atoms with Gasteiger partial charge in [-0.1, -0.05) is 29.8 Å². The lowest BCUT2D eigenvalue weighted by Gasteiger charge is -2.38. The number of fused-ring (bicyclic) bond motifs is 1. The van der Waals surface area contributed by atoms with Crippen molar-refractivity contribution in [1.82, 2.24) is 0 Å². The van der Waals surface area contributed by atoms with Gasteiger partial charge in [0.25, 0.3) is 5.91 Å². The molecule has 0 aliphatic carbocycles. The summed E-state index contributed by atoms with van der Waals surface area (Å²) < 4.78 is 27.1. The van der Waals surface area contributed by atoms with Gasteiger partial charge in [0.05, 0.1) is 5.56 Å². The van der Waals surface area contributed by atoms with E-state index in [0.717, 1.165) is 12.1 Å². The zero-order chi connectivity index (χ0) is 18.3. The number of amides is 1. The number of nitrogens with one attached hydrogen (secondary N) is 1. The standard InChI is InChI=1S/C20H13ClF2N2O/c21-13-6-8-14(9-7-13)25-19(12-5-10-16(22)17(23)11-12)24-18-4-2-1-3-15(18)20(25)26/h1-11,19,24H. The van der Waals surface area contributed by atoms with Gasteiger partial charge in [-0.15, -0.1) is 0 Å². The molecule has 0 saturated heterocycles. The molecule has 0 radical (unpaired) electrons. The molecular formula is C20H13ClF2N2O. The van der Waals surface area contributed by atoms with E-state index in [1.165, 1.54) is 11.0 Å². The van der Waals surface area contributed by atoms with Crippen molar-refractivity contribution in [3.8, 4) is 0 Å². The van der Waals surface area contributed by atoms with Crippen molar-refractivity contribution < 1.29 is 13.6 Å². The molecule has 4 rings (SSSR count). The Kier molecular flexibility index (Phi) is 4.09. The summed E-state index contributed by atoms with van der Waals surface area (Å²) >= 11 is 5.95. The third-order valence-corrected chi connectivity index (χ3v) is 4.54. The lowest BCUT2D eigenvalue weighted by Crippen LogP contribution is -2.43. The lowest BCUT2D eigenvalue weighted by atomic mass is 10.0. The zero-order valence-corrected chi connectivity index (χ0v) is 14.2. The van der Waals surface area contributed by atoms with E-state index in [4.69, 9.17) is 11.6 Å². The first-order valence-electron chi connectivity index (χ1n) is 7.94. The lowest BCUT2D eigenvalue weighted by molar-refractivity contribution is 0.0975. The molecule has 1 amide bonds. The average Bonchev–Trinajstić information content (AvgIpc) is 2.65. The molecule has 3 aromatic carbocycles. The van der Waals surface area contributed by atoms with E-state index in [1.807, 2.05) is 0 Å². The Morgan fingerprint density at radius 1 is 0.923 bits per heavy atom. The molecule has 1 aliphatic rings. The van der Waals surface area contributed by atoms with Gasteiger partial charge in [-0.2, -0.15) is 0 Å². The van der Waals surface area contributed by atoms with Crippen molar-refractivity contribution in [3.05, 3.63) is 94.5 Å². The van der Waals surface area contributed by atoms with E-state index >= 15 is 0 Å². The molecule has 6 heteroatoms. The van der Waals surface area contributed by atoms with E-state index in [2.05, 4.69) is 5.32 Å². The summed E-state index contributed by atoms with van der Waals surface area (Å²) in [5.74, 6) is -2.14. The molecule has 1 atom stereocenters. The van der Waals surface area contributed by atoms with Crippen LogP contribution in [0.15, 0.2) is 66.7 Å². The first kappa shape index (κ1) is 16.5. The van der Waals surface area contributed by atoms with Crippen LogP contribution in [0.4, 0.5) is 20.2 Å². The van der Waals surface area contributed by atoms with E-state index < -0.39 is 17.8 Å². The number of hydrogen-bond acceptors (Lipinski definition) is 2. The summed E-state index contributed by atoms with van der Waals surface area (Å²) in [6.07, 6.45) is -0.686. The van der Waals surface area contributed by atoms with Crippen molar-refractivity contribution >= 4 is 28.9 Å². The monoisotopic (exact) mass is 370 g/mol. The van der Waals surface area contributed by atoms with Gasteiger partial charge in [-0.25, -0.2) is 8.78 Å². The fraction of sp³-hybridized carbons (Fsp3) is 0.0500. The number of carbonyl (C=O) groups excluding carboxylic acids is 1. The SMILES string of the molecule is O=C1c2ccccc2NC(c2ccc(F)c(F)c2)N1c1ccc(Cl)cc1. The fourth-order valence-electron chi connectivity index (χ4n) is 3.04. The Hall–Kier alpha value is -2.92. The molecule has 0 fully saturated rings. The zero-order valence-electron chi connectivity index (χ0n) is 13.4. The number of hydrogen-bond donors (Lipinski definition) is 1. The van der Waals surface area contributed by atoms with E-state index in [9.17, 15) is 13.6 Å². The molecule has 26 heavy (non-hydrogen) atoms. The van der Waals surface area contributed by atoms with Crippen LogP contribution in [-0.2, 0) is 0 Å². The normalized spacial score (nSPS) is 16.2. The number of benzene rings is 3. The van der Waals surface area contributed by atoms with Gasteiger partial charge in [0, 0.05) is 16.4 Å². The van der Waals surface area contributed by atoms with Crippen molar-refractivity contribution in [3.63, 3.8) is 0 Å². The van der Waals surface area contributed by atoms with E-state index in [-0.39, 0.29) is 5.91 Å². The Labute approximate surface area is 153 Å². The predicted octanol–water partition coefficient (Wildman–Crippen LogP) is 5.39. The smallest absolute Gasteiger partial charge is 0.262 e. The van der Waals surface area contributed by atoms with Gasteiger partial charge in [-0.05, 0) is 54.1 Å². The minimum atomic E-state index is -0.966. The van der Waals surface area contributed by atoms with Crippen LogP contribution in [0.2, 0.25) is 5.02 Å². The number of rotatable bonds is 2. The average molecular weight is 371 g/mol. The van der Waals surface area contributed by atoms with Crippen LogP contribution < -0.4 is 10.2 Å². The Balaban J connectivity index is 1.86. The molecule has 1 aliphatic heterocycles. The molecule has 1 N–H and O–H groups in total. The molecule has 1 heterocycles. The van der Waals surface area contributed by atoms with Crippen LogP contribution in [0, 0.1) is 11.6 Å². The second kappa shape index (κ2) is 6.42. The van der Waals surface area contributed by atoms with Gasteiger partial charge in [0.1, 0.15) is 6.17 Å². The highest BCUT2D eigenvalue weighted by atomic mass is 35.5. The number of para-hydroxylation sites is 1. The topological polar surface area (TPSA) is 32.3 Å². The number of carbonyl (C=O) groups is 1.